The SMILES string of the molecule is CCOc1cc2occ(-c3cccc4ccccc34)c2cc1/C(C)=C/C(=O)Nc1ccc(N(C)C)cc1. The number of ether oxygens (including phenoxy) is 1. The van der Waals surface area contributed by atoms with Crippen molar-refractivity contribution in [1.82, 2.24) is 0 Å². The number of benzene rings is 4. The van der Waals surface area contributed by atoms with E-state index < -0.39 is 0 Å². The lowest BCUT2D eigenvalue weighted by molar-refractivity contribution is -0.111. The van der Waals surface area contributed by atoms with E-state index in [0.717, 1.165) is 50.0 Å². The summed E-state index contributed by atoms with van der Waals surface area (Å²) in [7, 11) is 3.97. The fraction of sp³-hybridized carbons (Fsp3) is 0.156. The molecule has 4 aromatic carbocycles. The Hall–Kier alpha value is -4.51. The minimum atomic E-state index is -0.195. The normalized spacial score (nSPS) is 11.6. The highest BCUT2D eigenvalue weighted by Gasteiger charge is 2.16. The lowest BCUT2D eigenvalue weighted by Gasteiger charge is -2.13. The highest BCUT2D eigenvalue weighted by Crippen LogP contribution is 2.39. The molecule has 5 heteroatoms. The number of rotatable bonds is 7. The van der Waals surface area contributed by atoms with Crippen molar-refractivity contribution in [2.45, 2.75) is 13.8 Å². The maximum absolute atomic E-state index is 12.9. The summed E-state index contributed by atoms with van der Waals surface area (Å²) in [5.74, 6) is 0.491. The van der Waals surface area contributed by atoms with Crippen LogP contribution in [0.15, 0.2) is 95.6 Å². The molecule has 1 amide bonds. The molecule has 0 saturated heterocycles. The van der Waals surface area contributed by atoms with Gasteiger partial charge in [0.25, 0.3) is 0 Å². The number of nitrogens with zero attached hydrogens (tertiary/aromatic N) is 1. The topological polar surface area (TPSA) is 54.7 Å². The van der Waals surface area contributed by atoms with Crippen LogP contribution in [0.2, 0.25) is 0 Å². The largest absolute Gasteiger partial charge is 0.493 e. The first kappa shape index (κ1) is 24.2. The minimum Gasteiger partial charge on any atom is -0.493 e. The average Bonchev–Trinajstić information content (AvgIpc) is 3.31. The molecule has 0 spiro atoms. The average molecular weight is 491 g/mol. The maximum atomic E-state index is 12.9. The molecule has 0 unspecified atom stereocenters. The quantitative estimate of drug-likeness (QED) is 0.237. The number of anilines is 2. The maximum Gasteiger partial charge on any atom is 0.248 e. The van der Waals surface area contributed by atoms with E-state index in [1.165, 1.54) is 5.39 Å². The van der Waals surface area contributed by atoms with Crippen molar-refractivity contribution < 1.29 is 13.9 Å². The van der Waals surface area contributed by atoms with Crippen molar-refractivity contribution in [2.75, 3.05) is 30.9 Å². The monoisotopic (exact) mass is 490 g/mol. The molecule has 186 valence electrons. The van der Waals surface area contributed by atoms with Gasteiger partial charge in [-0.2, -0.15) is 0 Å². The number of furan rings is 1. The molecule has 0 aliphatic heterocycles. The van der Waals surface area contributed by atoms with Crippen LogP contribution in [0.3, 0.4) is 0 Å². The highest BCUT2D eigenvalue weighted by molar-refractivity contribution is 6.07. The van der Waals surface area contributed by atoms with E-state index >= 15 is 0 Å². The van der Waals surface area contributed by atoms with Gasteiger partial charge in [-0.05, 0) is 66.1 Å². The molecule has 5 nitrogen and oxygen atoms in total. The van der Waals surface area contributed by atoms with Crippen LogP contribution in [-0.4, -0.2) is 26.6 Å². The van der Waals surface area contributed by atoms with Crippen molar-refractivity contribution in [3.8, 4) is 16.9 Å². The zero-order valence-corrected chi connectivity index (χ0v) is 21.5. The molecule has 0 saturated carbocycles. The molecule has 1 heterocycles. The summed E-state index contributed by atoms with van der Waals surface area (Å²) in [4.78, 5) is 14.9. The summed E-state index contributed by atoms with van der Waals surface area (Å²) < 4.78 is 11.9. The van der Waals surface area contributed by atoms with Crippen LogP contribution in [0.25, 0.3) is 38.4 Å². The van der Waals surface area contributed by atoms with E-state index in [1.807, 2.05) is 75.3 Å². The molecule has 0 atom stereocenters. The molecule has 0 aliphatic carbocycles. The van der Waals surface area contributed by atoms with Crippen LogP contribution in [-0.2, 0) is 4.79 Å². The number of hydrogen-bond donors (Lipinski definition) is 1. The van der Waals surface area contributed by atoms with E-state index in [9.17, 15) is 4.79 Å². The van der Waals surface area contributed by atoms with Crippen LogP contribution in [0, 0.1) is 0 Å². The number of allylic oxidation sites excluding steroid dienone is 1. The van der Waals surface area contributed by atoms with E-state index in [4.69, 9.17) is 9.15 Å². The van der Waals surface area contributed by atoms with Crippen molar-refractivity contribution in [1.29, 1.82) is 0 Å². The van der Waals surface area contributed by atoms with E-state index in [-0.39, 0.29) is 5.91 Å². The third kappa shape index (κ3) is 4.94. The van der Waals surface area contributed by atoms with E-state index in [1.54, 1.807) is 12.3 Å². The molecule has 0 bridgehead atoms. The van der Waals surface area contributed by atoms with Crippen LogP contribution in [0.5, 0.6) is 5.75 Å². The Labute approximate surface area is 217 Å². The summed E-state index contributed by atoms with van der Waals surface area (Å²) in [5.41, 5.74) is 6.33. The first-order chi connectivity index (χ1) is 17.9. The van der Waals surface area contributed by atoms with Gasteiger partial charge in [-0.25, -0.2) is 0 Å². The molecule has 5 rings (SSSR count). The first-order valence-electron chi connectivity index (χ1n) is 12.4. The molecular formula is C32H30N2O3. The number of carbonyl (C=O) groups is 1. The fourth-order valence-corrected chi connectivity index (χ4v) is 4.60. The molecule has 1 N–H and O–H groups in total. The van der Waals surface area contributed by atoms with Crippen LogP contribution >= 0.6 is 0 Å². The Kier molecular flexibility index (Phi) is 6.69. The van der Waals surface area contributed by atoms with Gasteiger partial charge in [-0.3, -0.25) is 4.79 Å². The van der Waals surface area contributed by atoms with Crippen molar-refractivity contribution in [2.24, 2.45) is 0 Å². The summed E-state index contributed by atoms with van der Waals surface area (Å²) in [5, 5.41) is 6.27. The zero-order chi connectivity index (χ0) is 25.9. The van der Waals surface area contributed by atoms with Gasteiger partial charge in [-0.15, -0.1) is 0 Å². The summed E-state index contributed by atoms with van der Waals surface area (Å²) in [6.45, 7) is 4.38. The molecule has 0 fully saturated rings. The Balaban J connectivity index is 1.52. The highest BCUT2D eigenvalue weighted by atomic mass is 16.5. The summed E-state index contributed by atoms with van der Waals surface area (Å²) >= 11 is 0. The van der Waals surface area contributed by atoms with Gasteiger partial charge in [0.05, 0.1) is 12.9 Å². The van der Waals surface area contributed by atoms with Crippen molar-refractivity contribution >= 4 is 44.6 Å². The van der Waals surface area contributed by atoms with Gasteiger partial charge in [0, 0.05) is 54.1 Å². The second kappa shape index (κ2) is 10.2. The first-order valence-corrected chi connectivity index (χ1v) is 12.4. The Morgan fingerprint density at radius 3 is 2.46 bits per heavy atom. The lowest BCUT2D eigenvalue weighted by Crippen LogP contribution is -2.10. The molecule has 1 aromatic heterocycles. The van der Waals surface area contributed by atoms with E-state index in [0.29, 0.717) is 12.4 Å². The number of nitrogens with one attached hydrogen (secondary N) is 1. The van der Waals surface area contributed by atoms with Gasteiger partial charge >= 0.3 is 0 Å². The third-order valence-electron chi connectivity index (χ3n) is 6.48. The predicted molar refractivity (Wildman–Crippen MR) is 153 cm³/mol. The lowest BCUT2D eigenvalue weighted by atomic mass is 9.96. The third-order valence-corrected chi connectivity index (χ3v) is 6.48. The van der Waals surface area contributed by atoms with Gasteiger partial charge in [-0.1, -0.05) is 42.5 Å². The molecule has 0 radical (unpaired) electrons. The number of amides is 1. The molecule has 0 aliphatic rings. The van der Waals surface area contributed by atoms with Crippen molar-refractivity contribution in [3.63, 3.8) is 0 Å². The van der Waals surface area contributed by atoms with Crippen LogP contribution < -0.4 is 15.0 Å². The van der Waals surface area contributed by atoms with Gasteiger partial charge in [0.2, 0.25) is 5.91 Å². The zero-order valence-electron chi connectivity index (χ0n) is 21.5. The Morgan fingerprint density at radius 2 is 1.70 bits per heavy atom. The number of carbonyl (C=O) groups excluding carboxylic acids is 1. The molecular weight excluding hydrogens is 460 g/mol. The Bertz CT molecular complexity index is 1610. The predicted octanol–water partition coefficient (Wildman–Crippen LogP) is 7.76. The molecule has 37 heavy (non-hydrogen) atoms. The smallest absolute Gasteiger partial charge is 0.248 e. The van der Waals surface area contributed by atoms with Crippen LogP contribution in [0.1, 0.15) is 19.4 Å². The van der Waals surface area contributed by atoms with Crippen LogP contribution in [0.4, 0.5) is 11.4 Å². The Morgan fingerprint density at radius 1 is 0.946 bits per heavy atom. The van der Waals surface area contributed by atoms with Gasteiger partial charge < -0.3 is 19.4 Å². The number of hydrogen-bond acceptors (Lipinski definition) is 4. The fourth-order valence-electron chi connectivity index (χ4n) is 4.60. The van der Waals surface area contributed by atoms with Gasteiger partial charge in [0.1, 0.15) is 11.3 Å². The summed E-state index contributed by atoms with van der Waals surface area (Å²) in [6.07, 6.45) is 3.41. The van der Waals surface area contributed by atoms with Gasteiger partial charge in [0.15, 0.2) is 0 Å². The van der Waals surface area contributed by atoms with Crippen molar-refractivity contribution in [3.05, 3.63) is 96.8 Å². The minimum absolute atomic E-state index is 0.195. The second-order valence-corrected chi connectivity index (χ2v) is 9.21. The number of fused-ring (bicyclic) bond motifs is 2. The second-order valence-electron chi connectivity index (χ2n) is 9.21. The molecule has 5 aromatic rings. The van der Waals surface area contributed by atoms with E-state index in [2.05, 4.69) is 41.7 Å². The summed E-state index contributed by atoms with van der Waals surface area (Å²) in [6, 6.07) is 26.3. The standard InChI is InChI=1S/C32H30N2O3/c1-5-36-30-19-31-28(29(20-37-31)26-12-8-10-22-9-6-7-11-25(22)26)18-27(30)21(2)17-32(35)33-23-13-15-24(16-14-23)34(3)4/h6-20H,5H2,1-4H3,(H,33,35)/b21-17+.